The third kappa shape index (κ3) is 1.41. The van der Waals surface area contributed by atoms with E-state index in [1.807, 2.05) is 17.7 Å². The van der Waals surface area contributed by atoms with Crippen molar-refractivity contribution in [3.63, 3.8) is 0 Å². The lowest BCUT2D eigenvalue weighted by atomic mass is 10.1. The number of hydrogen-bond acceptors (Lipinski definition) is 3. The molecule has 0 radical (unpaired) electrons. The normalized spacial score (nSPS) is 11.0. The molecule has 1 N–H and O–H groups in total. The molecule has 0 bridgehead atoms. The van der Waals surface area contributed by atoms with Crippen molar-refractivity contribution < 1.29 is 5.11 Å². The number of aryl methyl sites for hydroxylation is 1. The van der Waals surface area contributed by atoms with Crippen molar-refractivity contribution in [2.45, 2.75) is 18.2 Å². The van der Waals surface area contributed by atoms with Gasteiger partial charge < -0.3 is 5.11 Å². The van der Waals surface area contributed by atoms with Gasteiger partial charge >= 0.3 is 0 Å². The average molecular weight is 224 g/mol. The maximum Gasteiger partial charge on any atom is 0.137 e. The molecule has 1 nitrogen and oxygen atoms in total. The molecule has 1 heterocycles. The largest absolute Gasteiger partial charge is 0.506 e. The highest BCUT2D eigenvalue weighted by atomic mass is 32.2. The highest BCUT2D eigenvalue weighted by Crippen LogP contribution is 2.39. The van der Waals surface area contributed by atoms with Crippen LogP contribution in [-0.4, -0.2) is 11.4 Å². The molecule has 0 aliphatic heterocycles. The SMILES string of the molecule is CCc1cc(SC)c(O)c2ccsc12. The van der Waals surface area contributed by atoms with Gasteiger partial charge in [0, 0.05) is 15.0 Å². The summed E-state index contributed by atoms with van der Waals surface area (Å²) < 4.78 is 1.22. The van der Waals surface area contributed by atoms with Crippen LogP contribution in [0.4, 0.5) is 0 Å². The lowest BCUT2D eigenvalue weighted by Gasteiger charge is -2.06. The van der Waals surface area contributed by atoms with Gasteiger partial charge in [-0.15, -0.1) is 23.1 Å². The summed E-state index contributed by atoms with van der Waals surface area (Å²) in [5, 5.41) is 13.0. The second-order valence-corrected chi connectivity index (χ2v) is 4.87. The summed E-state index contributed by atoms with van der Waals surface area (Å²) in [6.07, 6.45) is 3.01. The number of thiophene rings is 1. The predicted octanol–water partition coefficient (Wildman–Crippen LogP) is 3.89. The first-order valence-electron chi connectivity index (χ1n) is 4.54. The lowest BCUT2D eigenvalue weighted by Crippen LogP contribution is -1.83. The minimum Gasteiger partial charge on any atom is -0.506 e. The third-order valence-electron chi connectivity index (χ3n) is 2.35. The van der Waals surface area contributed by atoms with E-state index in [0.717, 1.165) is 16.7 Å². The van der Waals surface area contributed by atoms with Crippen LogP contribution in [0.3, 0.4) is 0 Å². The molecule has 14 heavy (non-hydrogen) atoms. The summed E-state index contributed by atoms with van der Waals surface area (Å²) >= 11 is 3.30. The molecule has 3 heteroatoms. The van der Waals surface area contributed by atoms with E-state index in [1.165, 1.54) is 10.3 Å². The van der Waals surface area contributed by atoms with Crippen molar-refractivity contribution in [3.05, 3.63) is 23.1 Å². The first-order chi connectivity index (χ1) is 6.77. The summed E-state index contributed by atoms with van der Waals surface area (Å²) in [6.45, 7) is 2.15. The van der Waals surface area contributed by atoms with E-state index in [1.54, 1.807) is 23.1 Å². The minimum atomic E-state index is 0.436. The third-order valence-corrected chi connectivity index (χ3v) is 4.09. The first-order valence-corrected chi connectivity index (χ1v) is 6.64. The van der Waals surface area contributed by atoms with Crippen molar-refractivity contribution in [2.24, 2.45) is 0 Å². The van der Waals surface area contributed by atoms with Gasteiger partial charge in [-0.2, -0.15) is 0 Å². The van der Waals surface area contributed by atoms with Crippen LogP contribution in [0.1, 0.15) is 12.5 Å². The monoisotopic (exact) mass is 224 g/mol. The molecular weight excluding hydrogens is 212 g/mol. The Morgan fingerprint density at radius 2 is 2.29 bits per heavy atom. The Hall–Kier alpha value is -0.670. The quantitative estimate of drug-likeness (QED) is 0.781. The standard InChI is InChI=1S/C11H12OS2/c1-3-7-6-9(13-2)10(12)8-4-5-14-11(7)8/h4-6,12H,3H2,1-2H3. The van der Waals surface area contributed by atoms with Gasteiger partial charge in [0.1, 0.15) is 5.75 Å². The zero-order valence-electron chi connectivity index (χ0n) is 8.20. The molecule has 0 unspecified atom stereocenters. The van der Waals surface area contributed by atoms with E-state index in [-0.39, 0.29) is 0 Å². The molecule has 2 rings (SSSR count). The molecule has 0 fully saturated rings. The Morgan fingerprint density at radius 1 is 1.50 bits per heavy atom. The topological polar surface area (TPSA) is 20.2 Å². The van der Waals surface area contributed by atoms with Crippen LogP contribution >= 0.6 is 23.1 Å². The Labute approximate surface area is 91.8 Å². The fourth-order valence-corrected chi connectivity index (χ4v) is 3.14. The van der Waals surface area contributed by atoms with Crippen LogP contribution in [0.15, 0.2) is 22.4 Å². The van der Waals surface area contributed by atoms with E-state index in [4.69, 9.17) is 0 Å². The fourth-order valence-electron chi connectivity index (χ4n) is 1.59. The molecule has 74 valence electrons. The highest BCUT2D eigenvalue weighted by Gasteiger charge is 2.10. The highest BCUT2D eigenvalue weighted by molar-refractivity contribution is 7.98. The molecule has 2 aromatic rings. The molecule has 0 atom stereocenters. The van der Waals surface area contributed by atoms with Gasteiger partial charge in [-0.3, -0.25) is 0 Å². The average Bonchev–Trinajstić information content (AvgIpc) is 2.68. The molecule has 0 aliphatic carbocycles. The van der Waals surface area contributed by atoms with Crippen molar-refractivity contribution >= 4 is 33.2 Å². The van der Waals surface area contributed by atoms with E-state index in [9.17, 15) is 5.11 Å². The van der Waals surface area contributed by atoms with Crippen LogP contribution in [-0.2, 0) is 6.42 Å². The van der Waals surface area contributed by atoms with Crippen molar-refractivity contribution in [3.8, 4) is 5.75 Å². The van der Waals surface area contributed by atoms with E-state index in [2.05, 4.69) is 13.0 Å². The molecule has 1 aromatic heterocycles. The number of phenols is 1. The Morgan fingerprint density at radius 3 is 2.93 bits per heavy atom. The number of aromatic hydroxyl groups is 1. The van der Waals surface area contributed by atoms with Crippen molar-refractivity contribution in [1.82, 2.24) is 0 Å². The molecule has 0 spiro atoms. The summed E-state index contributed by atoms with van der Waals surface area (Å²) in [7, 11) is 0. The first kappa shape index (κ1) is 9.87. The van der Waals surface area contributed by atoms with Crippen LogP contribution in [0.5, 0.6) is 5.75 Å². The zero-order valence-corrected chi connectivity index (χ0v) is 9.84. The maximum absolute atomic E-state index is 9.94. The van der Waals surface area contributed by atoms with Crippen LogP contribution < -0.4 is 0 Å². The van der Waals surface area contributed by atoms with Crippen LogP contribution in [0.2, 0.25) is 0 Å². The molecule has 0 saturated heterocycles. The molecule has 0 aliphatic rings. The molecule has 1 aromatic carbocycles. The number of benzene rings is 1. The van der Waals surface area contributed by atoms with E-state index in [0.29, 0.717) is 5.75 Å². The second-order valence-electron chi connectivity index (χ2n) is 3.10. The molecule has 0 amide bonds. The second kappa shape index (κ2) is 3.83. The van der Waals surface area contributed by atoms with Gasteiger partial charge in [0.15, 0.2) is 0 Å². The Bertz CT molecular complexity index is 460. The van der Waals surface area contributed by atoms with E-state index >= 15 is 0 Å². The van der Waals surface area contributed by atoms with E-state index < -0.39 is 0 Å². The smallest absolute Gasteiger partial charge is 0.137 e. The molecular formula is C11H12OS2. The summed E-state index contributed by atoms with van der Waals surface area (Å²) in [5.41, 5.74) is 1.33. The van der Waals surface area contributed by atoms with Gasteiger partial charge in [0.05, 0.1) is 0 Å². The number of thioether (sulfide) groups is 1. The predicted molar refractivity (Wildman–Crippen MR) is 64.6 cm³/mol. The minimum absolute atomic E-state index is 0.436. The Kier molecular flexibility index (Phi) is 2.70. The van der Waals surface area contributed by atoms with Gasteiger partial charge in [-0.25, -0.2) is 0 Å². The Balaban J connectivity index is 2.80. The van der Waals surface area contributed by atoms with Crippen molar-refractivity contribution in [2.75, 3.05) is 6.26 Å². The lowest BCUT2D eigenvalue weighted by molar-refractivity contribution is 0.469. The number of fused-ring (bicyclic) bond motifs is 1. The fraction of sp³-hybridized carbons (Fsp3) is 0.273. The summed E-state index contributed by atoms with van der Waals surface area (Å²) in [5.74, 6) is 0.436. The van der Waals surface area contributed by atoms with Gasteiger partial charge in [0.25, 0.3) is 0 Å². The zero-order chi connectivity index (χ0) is 10.1. The molecule has 0 saturated carbocycles. The van der Waals surface area contributed by atoms with Crippen LogP contribution in [0, 0.1) is 0 Å². The number of rotatable bonds is 2. The van der Waals surface area contributed by atoms with Crippen molar-refractivity contribution in [1.29, 1.82) is 0 Å². The van der Waals surface area contributed by atoms with Gasteiger partial charge in [-0.05, 0) is 35.8 Å². The van der Waals surface area contributed by atoms with Gasteiger partial charge in [0.2, 0.25) is 0 Å². The van der Waals surface area contributed by atoms with Gasteiger partial charge in [-0.1, -0.05) is 6.92 Å². The summed E-state index contributed by atoms with van der Waals surface area (Å²) in [4.78, 5) is 0.979. The summed E-state index contributed by atoms with van der Waals surface area (Å²) in [6, 6.07) is 4.09. The number of phenolic OH excluding ortho intramolecular Hbond substituents is 1. The van der Waals surface area contributed by atoms with Crippen LogP contribution in [0.25, 0.3) is 10.1 Å². The number of hydrogen-bond donors (Lipinski definition) is 1. The maximum atomic E-state index is 9.94.